The SMILES string of the molecule is COCCNC(=S)NC(C)c1nncn1C. The van der Waals surface area contributed by atoms with E-state index in [1.807, 2.05) is 18.5 Å². The van der Waals surface area contributed by atoms with E-state index in [4.69, 9.17) is 17.0 Å². The molecule has 1 rings (SSSR count). The number of aryl methyl sites for hydroxylation is 1. The first kappa shape index (κ1) is 12.9. The molecule has 0 saturated heterocycles. The highest BCUT2D eigenvalue weighted by Crippen LogP contribution is 2.06. The van der Waals surface area contributed by atoms with Gasteiger partial charge < -0.3 is 19.9 Å². The zero-order valence-corrected chi connectivity index (χ0v) is 10.5. The van der Waals surface area contributed by atoms with E-state index in [1.54, 1.807) is 13.4 Å². The Balaban J connectivity index is 2.37. The first-order valence-corrected chi connectivity index (χ1v) is 5.43. The summed E-state index contributed by atoms with van der Waals surface area (Å²) in [5, 5.41) is 14.6. The van der Waals surface area contributed by atoms with Crippen LogP contribution in [0, 0.1) is 0 Å². The van der Waals surface area contributed by atoms with Gasteiger partial charge in [0.15, 0.2) is 10.9 Å². The second-order valence-corrected chi connectivity index (χ2v) is 3.82. The molecule has 2 N–H and O–H groups in total. The summed E-state index contributed by atoms with van der Waals surface area (Å²) in [5.74, 6) is 0.843. The molecule has 1 atom stereocenters. The van der Waals surface area contributed by atoms with E-state index in [1.165, 1.54) is 0 Å². The molecule has 0 amide bonds. The normalized spacial score (nSPS) is 12.2. The molecule has 0 aliphatic rings. The third-order valence-electron chi connectivity index (χ3n) is 2.07. The number of hydrogen-bond acceptors (Lipinski definition) is 4. The van der Waals surface area contributed by atoms with Gasteiger partial charge >= 0.3 is 0 Å². The van der Waals surface area contributed by atoms with Gasteiger partial charge in [0.25, 0.3) is 0 Å². The predicted octanol–water partition coefficient (Wildman–Crippen LogP) is -0.0134. The lowest BCUT2D eigenvalue weighted by molar-refractivity contribution is 0.204. The molecule has 0 aliphatic heterocycles. The molecule has 1 aromatic rings. The molecule has 0 aliphatic carbocycles. The van der Waals surface area contributed by atoms with E-state index in [2.05, 4.69) is 20.8 Å². The van der Waals surface area contributed by atoms with Crippen LogP contribution in [-0.2, 0) is 11.8 Å². The molecule has 1 aromatic heterocycles. The summed E-state index contributed by atoms with van der Waals surface area (Å²) in [6, 6.07) is 0.0232. The standard InChI is InChI=1S/C9H17N5OS/c1-7(8-13-11-6-14(8)2)12-9(16)10-4-5-15-3/h6-7H,4-5H2,1-3H3,(H2,10,12,16). The Kier molecular flexibility index (Phi) is 5.13. The minimum Gasteiger partial charge on any atom is -0.383 e. The number of rotatable bonds is 5. The number of hydrogen-bond donors (Lipinski definition) is 2. The van der Waals surface area contributed by atoms with E-state index < -0.39 is 0 Å². The number of nitrogens with zero attached hydrogens (tertiary/aromatic N) is 3. The number of methoxy groups -OCH3 is 1. The van der Waals surface area contributed by atoms with E-state index in [-0.39, 0.29) is 6.04 Å². The summed E-state index contributed by atoms with van der Waals surface area (Å²) < 4.78 is 6.77. The van der Waals surface area contributed by atoms with Crippen LogP contribution < -0.4 is 10.6 Å². The molecule has 0 saturated carbocycles. The number of ether oxygens (including phenoxy) is 1. The van der Waals surface area contributed by atoms with Gasteiger partial charge in [-0.05, 0) is 19.1 Å². The summed E-state index contributed by atoms with van der Waals surface area (Å²) in [4.78, 5) is 0. The van der Waals surface area contributed by atoms with Crippen molar-refractivity contribution in [1.82, 2.24) is 25.4 Å². The molecular formula is C9H17N5OS. The lowest BCUT2D eigenvalue weighted by Gasteiger charge is -2.15. The molecule has 0 radical (unpaired) electrons. The Morgan fingerprint density at radius 3 is 3.00 bits per heavy atom. The van der Waals surface area contributed by atoms with Crippen molar-refractivity contribution in [3.05, 3.63) is 12.2 Å². The van der Waals surface area contributed by atoms with E-state index in [0.717, 1.165) is 5.82 Å². The molecule has 16 heavy (non-hydrogen) atoms. The van der Waals surface area contributed by atoms with Crippen molar-refractivity contribution in [2.75, 3.05) is 20.3 Å². The Hall–Kier alpha value is -1.21. The maximum Gasteiger partial charge on any atom is 0.166 e. The lowest BCUT2D eigenvalue weighted by Crippen LogP contribution is -2.38. The van der Waals surface area contributed by atoms with Crippen molar-refractivity contribution in [3.8, 4) is 0 Å². The molecule has 0 aromatic carbocycles. The van der Waals surface area contributed by atoms with Gasteiger partial charge in [0.2, 0.25) is 0 Å². The van der Waals surface area contributed by atoms with Crippen molar-refractivity contribution >= 4 is 17.3 Å². The molecule has 0 fully saturated rings. The highest BCUT2D eigenvalue weighted by molar-refractivity contribution is 7.80. The van der Waals surface area contributed by atoms with Crippen LogP contribution in [0.5, 0.6) is 0 Å². The van der Waals surface area contributed by atoms with Gasteiger partial charge in [-0.1, -0.05) is 0 Å². The predicted molar refractivity (Wildman–Crippen MR) is 65.0 cm³/mol. The van der Waals surface area contributed by atoms with Crippen molar-refractivity contribution < 1.29 is 4.74 Å². The third kappa shape index (κ3) is 3.74. The lowest BCUT2D eigenvalue weighted by atomic mass is 10.3. The molecule has 1 heterocycles. The smallest absolute Gasteiger partial charge is 0.166 e. The van der Waals surface area contributed by atoms with Crippen molar-refractivity contribution in [2.45, 2.75) is 13.0 Å². The molecule has 0 bridgehead atoms. The summed E-state index contributed by atoms with van der Waals surface area (Å²) >= 11 is 5.13. The Morgan fingerprint density at radius 1 is 1.69 bits per heavy atom. The van der Waals surface area contributed by atoms with Crippen LogP contribution in [0.1, 0.15) is 18.8 Å². The Labute approximate surface area is 100 Å². The second kappa shape index (κ2) is 6.39. The first-order chi connectivity index (χ1) is 7.65. The number of nitrogens with one attached hydrogen (secondary N) is 2. The fraction of sp³-hybridized carbons (Fsp3) is 0.667. The van der Waals surface area contributed by atoms with Crippen LogP contribution in [0.15, 0.2) is 6.33 Å². The van der Waals surface area contributed by atoms with Crippen molar-refractivity contribution in [3.63, 3.8) is 0 Å². The molecule has 7 heteroatoms. The summed E-state index contributed by atoms with van der Waals surface area (Å²) in [6.45, 7) is 3.29. The Morgan fingerprint density at radius 2 is 2.44 bits per heavy atom. The summed E-state index contributed by atoms with van der Waals surface area (Å²) in [5.41, 5.74) is 0. The Bertz CT molecular complexity index is 340. The monoisotopic (exact) mass is 243 g/mol. The van der Waals surface area contributed by atoms with Crippen LogP contribution in [0.3, 0.4) is 0 Å². The first-order valence-electron chi connectivity index (χ1n) is 5.02. The maximum absolute atomic E-state index is 5.13. The molecular weight excluding hydrogens is 226 g/mol. The highest BCUT2D eigenvalue weighted by atomic mass is 32.1. The fourth-order valence-electron chi connectivity index (χ4n) is 1.26. The molecule has 0 spiro atoms. The van der Waals surface area contributed by atoms with Gasteiger partial charge in [0.05, 0.1) is 12.6 Å². The minimum atomic E-state index is 0.0232. The molecule has 1 unspecified atom stereocenters. The van der Waals surface area contributed by atoms with Crippen molar-refractivity contribution in [2.24, 2.45) is 7.05 Å². The summed E-state index contributed by atoms with van der Waals surface area (Å²) in [6.07, 6.45) is 1.66. The van der Waals surface area contributed by atoms with Crippen LogP contribution in [0.2, 0.25) is 0 Å². The topological polar surface area (TPSA) is 64.0 Å². The second-order valence-electron chi connectivity index (χ2n) is 3.41. The zero-order chi connectivity index (χ0) is 12.0. The van der Waals surface area contributed by atoms with Crippen LogP contribution in [0.25, 0.3) is 0 Å². The van der Waals surface area contributed by atoms with Gasteiger partial charge in [-0.25, -0.2) is 0 Å². The van der Waals surface area contributed by atoms with E-state index in [0.29, 0.717) is 18.3 Å². The quantitative estimate of drug-likeness (QED) is 0.560. The van der Waals surface area contributed by atoms with Crippen LogP contribution in [0.4, 0.5) is 0 Å². The van der Waals surface area contributed by atoms with E-state index in [9.17, 15) is 0 Å². The number of aromatic nitrogens is 3. The zero-order valence-electron chi connectivity index (χ0n) is 9.73. The highest BCUT2D eigenvalue weighted by Gasteiger charge is 2.11. The van der Waals surface area contributed by atoms with Crippen molar-refractivity contribution in [1.29, 1.82) is 0 Å². The maximum atomic E-state index is 5.13. The molecule has 6 nitrogen and oxygen atoms in total. The van der Waals surface area contributed by atoms with Gasteiger partial charge in [0.1, 0.15) is 6.33 Å². The average Bonchev–Trinajstić information content (AvgIpc) is 2.65. The van der Waals surface area contributed by atoms with Crippen LogP contribution >= 0.6 is 12.2 Å². The fourth-order valence-corrected chi connectivity index (χ4v) is 1.54. The molecule has 90 valence electrons. The van der Waals surface area contributed by atoms with Crippen LogP contribution in [-0.4, -0.2) is 40.1 Å². The average molecular weight is 243 g/mol. The summed E-state index contributed by atoms with van der Waals surface area (Å²) in [7, 11) is 3.55. The largest absolute Gasteiger partial charge is 0.383 e. The third-order valence-corrected chi connectivity index (χ3v) is 2.34. The van der Waals surface area contributed by atoms with Gasteiger partial charge in [0, 0.05) is 20.7 Å². The van der Waals surface area contributed by atoms with Gasteiger partial charge in [-0.2, -0.15) is 0 Å². The van der Waals surface area contributed by atoms with Gasteiger partial charge in [-0.3, -0.25) is 0 Å². The van der Waals surface area contributed by atoms with Gasteiger partial charge in [-0.15, -0.1) is 10.2 Å². The minimum absolute atomic E-state index is 0.0232. The number of thiocarbonyl (C=S) groups is 1. The van der Waals surface area contributed by atoms with E-state index >= 15 is 0 Å².